The molecule has 0 bridgehead atoms. The van der Waals surface area contributed by atoms with Crippen LogP contribution in [0, 0.1) is 5.41 Å². The van der Waals surface area contributed by atoms with Gasteiger partial charge in [-0.1, -0.05) is 20.8 Å². The molecule has 0 radical (unpaired) electrons. The standard InChI is InChI=1S/C13H20BrNO2/c1-13(2,3)12(15)8-6-7-9(16-4)10(14)11(8)17-5/h6-7,12H,15H2,1-5H3. The number of benzene rings is 1. The Balaban J connectivity index is 3.31. The van der Waals surface area contributed by atoms with Gasteiger partial charge in [-0.25, -0.2) is 0 Å². The topological polar surface area (TPSA) is 44.5 Å². The second kappa shape index (κ2) is 5.27. The zero-order valence-electron chi connectivity index (χ0n) is 11.0. The van der Waals surface area contributed by atoms with Crippen LogP contribution in [0.4, 0.5) is 0 Å². The molecule has 0 amide bonds. The molecule has 0 heterocycles. The van der Waals surface area contributed by atoms with Crippen LogP contribution in [-0.2, 0) is 0 Å². The van der Waals surface area contributed by atoms with E-state index in [4.69, 9.17) is 15.2 Å². The Morgan fingerprint density at radius 1 is 1.18 bits per heavy atom. The summed E-state index contributed by atoms with van der Waals surface area (Å²) in [6.45, 7) is 6.32. The lowest BCUT2D eigenvalue weighted by molar-refractivity contribution is 0.312. The van der Waals surface area contributed by atoms with Gasteiger partial charge in [0.2, 0.25) is 0 Å². The normalized spacial score (nSPS) is 13.4. The highest BCUT2D eigenvalue weighted by Crippen LogP contribution is 2.43. The summed E-state index contributed by atoms with van der Waals surface area (Å²) in [5, 5.41) is 0. The molecule has 0 saturated heterocycles. The Labute approximate surface area is 111 Å². The van der Waals surface area contributed by atoms with Crippen molar-refractivity contribution in [2.45, 2.75) is 26.8 Å². The number of methoxy groups -OCH3 is 2. The molecule has 0 aliphatic carbocycles. The molecule has 0 aliphatic rings. The lowest BCUT2D eigenvalue weighted by atomic mass is 9.82. The van der Waals surface area contributed by atoms with Crippen LogP contribution in [0.2, 0.25) is 0 Å². The first-order chi connectivity index (χ1) is 7.82. The van der Waals surface area contributed by atoms with Crippen LogP contribution in [0.15, 0.2) is 16.6 Å². The predicted molar refractivity (Wildman–Crippen MR) is 73.6 cm³/mol. The fourth-order valence-corrected chi connectivity index (χ4v) is 2.31. The van der Waals surface area contributed by atoms with Crippen molar-refractivity contribution < 1.29 is 9.47 Å². The Kier molecular flexibility index (Phi) is 4.44. The van der Waals surface area contributed by atoms with Crippen LogP contribution in [0.1, 0.15) is 32.4 Å². The van der Waals surface area contributed by atoms with Crippen LogP contribution in [0.25, 0.3) is 0 Å². The quantitative estimate of drug-likeness (QED) is 0.929. The minimum atomic E-state index is -0.0975. The molecule has 96 valence electrons. The van der Waals surface area contributed by atoms with Gasteiger partial charge >= 0.3 is 0 Å². The molecule has 0 fully saturated rings. The number of nitrogens with two attached hydrogens (primary N) is 1. The highest BCUT2D eigenvalue weighted by atomic mass is 79.9. The van der Waals surface area contributed by atoms with E-state index in [0.717, 1.165) is 21.5 Å². The average Bonchev–Trinajstić information content (AvgIpc) is 2.26. The van der Waals surface area contributed by atoms with Crippen molar-refractivity contribution in [1.29, 1.82) is 0 Å². The number of hydrogen-bond acceptors (Lipinski definition) is 3. The van der Waals surface area contributed by atoms with Crippen LogP contribution >= 0.6 is 15.9 Å². The molecule has 1 rings (SSSR count). The van der Waals surface area contributed by atoms with Crippen molar-refractivity contribution in [3.8, 4) is 11.5 Å². The molecule has 1 atom stereocenters. The van der Waals surface area contributed by atoms with Crippen LogP contribution in [0.3, 0.4) is 0 Å². The van der Waals surface area contributed by atoms with Crippen LogP contribution < -0.4 is 15.2 Å². The van der Waals surface area contributed by atoms with E-state index in [1.165, 1.54) is 0 Å². The van der Waals surface area contributed by atoms with Gasteiger partial charge in [0.25, 0.3) is 0 Å². The van der Waals surface area contributed by atoms with Gasteiger partial charge in [-0.15, -0.1) is 0 Å². The molecular weight excluding hydrogens is 282 g/mol. The number of hydrogen-bond donors (Lipinski definition) is 1. The molecule has 0 saturated carbocycles. The van der Waals surface area contributed by atoms with E-state index in [1.807, 2.05) is 12.1 Å². The molecule has 3 nitrogen and oxygen atoms in total. The number of ether oxygens (including phenoxy) is 2. The first-order valence-electron chi connectivity index (χ1n) is 5.49. The van der Waals surface area contributed by atoms with Crippen molar-refractivity contribution in [2.75, 3.05) is 14.2 Å². The van der Waals surface area contributed by atoms with Gasteiger partial charge in [-0.3, -0.25) is 0 Å². The SMILES string of the molecule is COc1ccc(C(N)C(C)(C)C)c(OC)c1Br. The van der Waals surface area contributed by atoms with Gasteiger partial charge in [0.05, 0.1) is 14.2 Å². The van der Waals surface area contributed by atoms with E-state index >= 15 is 0 Å². The summed E-state index contributed by atoms with van der Waals surface area (Å²) < 4.78 is 11.5. The third-order valence-corrected chi connectivity index (χ3v) is 3.54. The third-order valence-electron chi connectivity index (χ3n) is 2.78. The zero-order chi connectivity index (χ0) is 13.2. The van der Waals surface area contributed by atoms with E-state index in [1.54, 1.807) is 14.2 Å². The summed E-state index contributed by atoms with van der Waals surface area (Å²) in [5.41, 5.74) is 7.22. The molecule has 1 aromatic carbocycles. The maximum atomic E-state index is 6.27. The lowest BCUT2D eigenvalue weighted by Crippen LogP contribution is -2.26. The zero-order valence-corrected chi connectivity index (χ0v) is 12.6. The minimum Gasteiger partial charge on any atom is -0.495 e. The smallest absolute Gasteiger partial charge is 0.141 e. The molecule has 0 aromatic heterocycles. The summed E-state index contributed by atoms with van der Waals surface area (Å²) in [6.07, 6.45) is 0. The van der Waals surface area contributed by atoms with Gasteiger partial charge in [0.1, 0.15) is 16.0 Å². The van der Waals surface area contributed by atoms with Gasteiger partial charge in [0.15, 0.2) is 0 Å². The fraction of sp³-hybridized carbons (Fsp3) is 0.538. The molecular formula is C13H20BrNO2. The van der Waals surface area contributed by atoms with Crippen LogP contribution in [-0.4, -0.2) is 14.2 Å². The highest BCUT2D eigenvalue weighted by molar-refractivity contribution is 9.10. The molecule has 0 spiro atoms. The predicted octanol–water partition coefficient (Wildman–Crippen LogP) is 3.51. The van der Waals surface area contributed by atoms with E-state index in [9.17, 15) is 0 Å². The lowest BCUT2D eigenvalue weighted by Gasteiger charge is -2.29. The molecule has 17 heavy (non-hydrogen) atoms. The van der Waals surface area contributed by atoms with Crippen molar-refractivity contribution in [3.63, 3.8) is 0 Å². The van der Waals surface area contributed by atoms with E-state index < -0.39 is 0 Å². The van der Waals surface area contributed by atoms with E-state index in [0.29, 0.717) is 0 Å². The summed E-state index contributed by atoms with van der Waals surface area (Å²) in [7, 11) is 3.27. The second-order valence-corrected chi connectivity index (χ2v) is 5.84. The van der Waals surface area contributed by atoms with E-state index in [2.05, 4.69) is 36.7 Å². The van der Waals surface area contributed by atoms with E-state index in [-0.39, 0.29) is 11.5 Å². The molecule has 1 aromatic rings. The van der Waals surface area contributed by atoms with Crippen molar-refractivity contribution in [2.24, 2.45) is 11.1 Å². The fourth-order valence-electron chi connectivity index (χ4n) is 1.63. The minimum absolute atomic E-state index is 0.0265. The number of rotatable bonds is 3. The van der Waals surface area contributed by atoms with Gasteiger partial charge in [-0.2, -0.15) is 0 Å². The Morgan fingerprint density at radius 3 is 2.18 bits per heavy atom. The Hall–Kier alpha value is -0.740. The second-order valence-electron chi connectivity index (χ2n) is 5.05. The maximum absolute atomic E-state index is 6.27. The molecule has 4 heteroatoms. The van der Waals surface area contributed by atoms with Gasteiger partial charge in [-0.05, 0) is 33.5 Å². The molecule has 1 unspecified atom stereocenters. The Morgan fingerprint density at radius 2 is 1.76 bits per heavy atom. The first kappa shape index (κ1) is 14.3. The van der Waals surface area contributed by atoms with Crippen LogP contribution in [0.5, 0.6) is 11.5 Å². The highest BCUT2D eigenvalue weighted by Gasteiger charge is 2.26. The molecule has 2 N–H and O–H groups in total. The monoisotopic (exact) mass is 301 g/mol. The van der Waals surface area contributed by atoms with Crippen molar-refractivity contribution in [3.05, 3.63) is 22.2 Å². The number of halogens is 1. The largest absolute Gasteiger partial charge is 0.495 e. The van der Waals surface area contributed by atoms with Crippen molar-refractivity contribution in [1.82, 2.24) is 0 Å². The summed E-state index contributed by atoms with van der Waals surface area (Å²) in [6, 6.07) is 3.76. The van der Waals surface area contributed by atoms with Crippen molar-refractivity contribution >= 4 is 15.9 Å². The first-order valence-corrected chi connectivity index (χ1v) is 6.28. The molecule has 0 aliphatic heterocycles. The summed E-state index contributed by atoms with van der Waals surface area (Å²) in [5.74, 6) is 1.48. The maximum Gasteiger partial charge on any atom is 0.141 e. The Bertz CT molecular complexity index is 399. The average molecular weight is 302 g/mol. The summed E-state index contributed by atoms with van der Waals surface area (Å²) in [4.78, 5) is 0. The van der Waals surface area contributed by atoms with Gasteiger partial charge in [0, 0.05) is 11.6 Å². The van der Waals surface area contributed by atoms with Gasteiger partial charge < -0.3 is 15.2 Å². The third kappa shape index (κ3) is 2.93. The summed E-state index contributed by atoms with van der Waals surface area (Å²) >= 11 is 3.48.